The zero-order valence-electron chi connectivity index (χ0n) is 7.90. The Morgan fingerprint density at radius 1 is 1.69 bits per heavy atom. The monoisotopic (exact) mass is 184 g/mol. The highest BCUT2D eigenvalue weighted by atomic mass is 16.5. The maximum absolute atomic E-state index is 10.3. The van der Waals surface area contributed by atoms with Gasteiger partial charge < -0.3 is 9.26 Å². The van der Waals surface area contributed by atoms with Crippen molar-refractivity contribution in [2.24, 2.45) is 0 Å². The molecule has 0 N–H and O–H groups in total. The highest BCUT2D eigenvalue weighted by Crippen LogP contribution is 2.24. The summed E-state index contributed by atoms with van der Waals surface area (Å²) in [6.45, 7) is 3.78. The van der Waals surface area contributed by atoms with Crippen molar-refractivity contribution in [3.63, 3.8) is 0 Å². The largest absolute Gasteiger partial charge is 0.370 e. The predicted molar refractivity (Wildman–Crippen MR) is 44.3 cm³/mol. The molecule has 1 atom stereocenters. The molecule has 13 heavy (non-hydrogen) atoms. The molecule has 5 nitrogen and oxygen atoms in total. The number of carbonyl (C=O) groups is 1. The van der Waals surface area contributed by atoms with Crippen LogP contribution in [0.25, 0.3) is 0 Å². The third-order valence-electron chi connectivity index (χ3n) is 2.14. The van der Waals surface area contributed by atoms with Gasteiger partial charge in [-0.3, -0.25) is 4.79 Å². The zero-order chi connectivity index (χ0) is 9.90. The smallest absolute Gasteiger partial charge is 0.290 e. The quantitative estimate of drug-likeness (QED) is 0.657. The van der Waals surface area contributed by atoms with Crippen molar-refractivity contribution in [2.45, 2.75) is 25.9 Å². The van der Waals surface area contributed by atoms with Crippen molar-refractivity contribution >= 4 is 6.29 Å². The number of hydrogen-bond acceptors (Lipinski definition) is 5. The number of rotatable bonds is 4. The third-order valence-corrected chi connectivity index (χ3v) is 2.14. The summed E-state index contributed by atoms with van der Waals surface area (Å²) in [5, 5.41) is 3.66. The standard InChI is InChI=1S/C8H12N2O3/c1-4-8(2,12-3)7-9-6(5-11)13-10-7/h5H,4H2,1-3H3. The lowest BCUT2D eigenvalue weighted by atomic mass is 10.0. The van der Waals surface area contributed by atoms with Crippen LogP contribution in [-0.2, 0) is 10.3 Å². The Morgan fingerprint density at radius 3 is 2.77 bits per heavy atom. The Morgan fingerprint density at radius 2 is 2.38 bits per heavy atom. The van der Waals surface area contributed by atoms with Gasteiger partial charge in [0.25, 0.3) is 5.89 Å². The van der Waals surface area contributed by atoms with Crippen LogP contribution in [0.4, 0.5) is 0 Å². The molecule has 0 saturated carbocycles. The Balaban J connectivity index is 2.98. The highest BCUT2D eigenvalue weighted by molar-refractivity contribution is 5.67. The van der Waals surface area contributed by atoms with Crippen LogP contribution in [0.3, 0.4) is 0 Å². The zero-order valence-corrected chi connectivity index (χ0v) is 7.90. The average Bonchev–Trinajstić information content (AvgIpc) is 2.65. The first-order chi connectivity index (χ1) is 6.16. The first-order valence-corrected chi connectivity index (χ1v) is 4.00. The number of carbonyl (C=O) groups excluding carboxylic acids is 1. The van der Waals surface area contributed by atoms with Crippen LogP contribution in [0.5, 0.6) is 0 Å². The molecule has 1 aromatic heterocycles. The third kappa shape index (κ3) is 1.75. The number of hydrogen-bond donors (Lipinski definition) is 0. The van der Waals surface area contributed by atoms with E-state index in [1.165, 1.54) is 0 Å². The second kappa shape index (κ2) is 3.66. The molecule has 0 amide bonds. The SMILES string of the molecule is CCC(C)(OC)c1noc(C=O)n1. The summed E-state index contributed by atoms with van der Waals surface area (Å²) in [6.07, 6.45) is 1.23. The van der Waals surface area contributed by atoms with Crippen molar-refractivity contribution in [3.8, 4) is 0 Å². The van der Waals surface area contributed by atoms with Crippen LogP contribution in [0.1, 0.15) is 36.8 Å². The fourth-order valence-corrected chi connectivity index (χ4v) is 0.892. The van der Waals surface area contributed by atoms with Crippen molar-refractivity contribution < 1.29 is 14.1 Å². The van der Waals surface area contributed by atoms with E-state index in [1.54, 1.807) is 7.11 Å². The molecule has 0 aliphatic rings. The molecule has 0 fully saturated rings. The van der Waals surface area contributed by atoms with Gasteiger partial charge in [-0.15, -0.1) is 0 Å². The van der Waals surface area contributed by atoms with Gasteiger partial charge in [0.05, 0.1) is 0 Å². The van der Waals surface area contributed by atoms with E-state index < -0.39 is 5.60 Å². The van der Waals surface area contributed by atoms with Gasteiger partial charge in [0.2, 0.25) is 12.1 Å². The number of ether oxygens (including phenoxy) is 1. The number of methoxy groups -OCH3 is 1. The summed E-state index contributed by atoms with van der Waals surface area (Å²) in [4.78, 5) is 14.2. The molecule has 0 aliphatic carbocycles. The Kier molecular flexibility index (Phi) is 2.77. The van der Waals surface area contributed by atoms with Crippen LogP contribution in [-0.4, -0.2) is 23.5 Å². The van der Waals surface area contributed by atoms with Gasteiger partial charge in [-0.05, 0) is 13.3 Å². The van der Waals surface area contributed by atoms with Gasteiger partial charge in [-0.25, -0.2) is 0 Å². The topological polar surface area (TPSA) is 65.2 Å². The lowest BCUT2D eigenvalue weighted by molar-refractivity contribution is -0.0106. The molecule has 1 unspecified atom stereocenters. The molecule has 0 radical (unpaired) electrons. The normalized spacial score (nSPS) is 15.3. The van der Waals surface area contributed by atoms with E-state index >= 15 is 0 Å². The second-order valence-electron chi connectivity index (χ2n) is 2.86. The van der Waals surface area contributed by atoms with E-state index in [-0.39, 0.29) is 5.89 Å². The lowest BCUT2D eigenvalue weighted by Gasteiger charge is -2.21. The summed E-state index contributed by atoms with van der Waals surface area (Å²) >= 11 is 0. The van der Waals surface area contributed by atoms with Crippen molar-refractivity contribution in [1.29, 1.82) is 0 Å². The van der Waals surface area contributed by atoms with E-state index in [0.717, 1.165) is 0 Å². The van der Waals surface area contributed by atoms with E-state index in [0.29, 0.717) is 18.5 Å². The molecule has 1 aromatic rings. The van der Waals surface area contributed by atoms with Gasteiger partial charge in [0.1, 0.15) is 5.60 Å². The Bertz CT molecular complexity index is 291. The van der Waals surface area contributed by atoms with E-state index in [2.05, 4.69) is 14.7 Å². The highest BCUT2D eigenvalue weighted by Gasteiger charge is 2.29. The van der Waals surface area contributed by atoms with Crippen LogP contribution in [0.15, 0.2) is 4.52 Å². The van der Waals surface area contributed by atoms with E-state index in [4.69, 9.17) is 4.74 Å². The minimum absolute atomic E-state index is 0.0216. The fourth-order valence-electron chi connectivity index (χ4n) is 0.892. The average molecular weight is 184 g/mol. The van der Waals surface area contributed by atoms with E-state index in [1.807, 2.05) is 13.8 Å². The molecule has 0 bridgehead atoms. The van der Waals surface area contributed by atoms with Crippen molar-refractivity contribution in [2.75, 3.05) is 7.11 Å². The van der Waals surface area contributed by atoms with Crippen molar-refractivity contribution in [1.82, 2.24) is 10.1 Å². The summed E-state index contributed by atoms with van der Waals surface area (Å²) in [6, 6.07) is 0. The molecule has 1 rings (SSSR count). The van der Waals surface area contributed by atoms with Gasteiger partial charge in [0.15, 0.2) is 0 Å². The van der Waals surface area contributed by atoms with Crippen molar-refractivity contribution in [3.05, 3.63) is 11.7 Å². The molecular formula is C8H12N2O3. The molecule has 0 spiro atoms. The number of aldehydes is 1. The minimum Gasteiger partial charge on any atom is -0.370 e. The predicted octanol–water partition coefficient (Wildman–Crippen LogP) is 1.15. The van der Waals surface area contributed by atoms with Crippen LogP contribution in [0.2, 0.25) is 0 Å². The molecule has 1 heterocycles. The number of nitrogens with zero attached hydrogens (tertiary/aromatic N) is 2. The van der Waals surface area contributed by atoms with Gasteiger partial charge in [0, 0.05) is 7.11 Å². The van der Waals surface area contributed by atoms with Crippen LogP contribution >= 0.6 is 0 Å². The maximum atomic E-state index is 10.3. The molecule has 72 valence electrons. The molecule has 0 aromatic carbocycles. The summed E-state index contributed by atoms with van der Waals surface area (Å²) in [5.74, 6) is 0.381. The summed E-state index contributed by atoms with van der Waals surface area (Å²) in [7, 11) is 1.57. The molecule has 5 heteroatoms. The molecular weight excluding hydrogens is 172 g/mol. The first kappa shape index (κ1) is 9.85. The second-order valence-corrected chi connectivity index (χ2v) is 2.86. The number of aromatic nitrogens is 2. The lowest BCUT2D eigenvalue weighted by Crippen LogP contribution is -2.24. The summed E-state index contributed by atoms with van der Waals surface area (Å²) in [5.41, 5.74) is -0.579. The van der Waals surface area contributed by atoms with Crippen LogP contribution < -0.4 is 0 Å². The Labute approximate surface area is 76.1 Å². The molecule has 0 saturated heterocycles. The summed E-state index contributed by atoms with van der Waals surface area (Å²) < 4.78 is 9.88. The first-order valence-electron chi connectivity index (χ1n) is 4.00. The van der Waals surface area contributed by atoms with Gasteiger partial charge in [-0.2, -0.15) is 4.98 Å². The Hall–Kier alpha value is -1.23. The van der Waals surface area contributed by atoms with Crippen LogP contribution in [0, 0.1) is 0 Å². The maximum Gasteiger partial charge on any atom is 0.290 e. The van der Waals surface area contributed by atoms with E-state index in [9.17, 15) is 4.79 Å². The van der Waals surface area contributed by atoms with Gasteiger partial charge >= 0.3 is 0 Å². The minimum atomic E-state index is -0.579. The van der Waals surface area contributed by atoms with Gasteiger partial charge in [-0.1, -0.05) is 12.1 Å². The fraction of sp³-hybridized carbons (Fsp3) is 0.625. The molecule has 0 aliphatic heterocycles.